The molecule has 0 saturated heterocycles. The van der Waals surface area contributed by atoms with Crippen LogP contribution in [-0.2, 0) is 5.88 Å². The van der Waals surface area contributed by atoms with Gasteiger partial charge in [-0.15, -0.1) is 11.6 Å². The van der Waals surface area contributed by atoms with E-state index in [1.165, 1.54) is 4.68 Å². The van der Waals surface area contributed by atoms with Crippen LogP contribution >= 0.6 is 23.2 Å². The highest BCUT2D eigenvalue weighted by Crippen LogP contribution is 2.30. The zero-order chi connectivity index (χ0) is 13.3. The number of hydrogen-bond donors (Lipinski definition) is 0. The zero-order valence-electron chi connectivity index (χ0n) is 9.37. The monoisotopic (exact) mass is 291 g/mol. The number of nitrogens with zero attached hydrogens (tertiary/aromatic N) is 3. The highest BCUT2D eigenvalue weighted by atomic mass is 35.5. The summed E-state index contributed by atoms with van der Waals surface area (Å²) in [6.45, 7) is 1.86. The number of aromatic nitrogens is 3. The van der Waals surface area contributed by atoms with E-state index >= 15 is 0 Å². The SMILES string of the molecule is Cc1ccnc(-n2nc(C(F)F)c(CCl)c2Cl)c1. The number of halogens is 4. The fourth-order valence-electron chi connectivity index (χ4n) is 1.53. The summed E-state index contributed by atoms with van der Waals surface area (Å²) >= 11 is 11.6. The topological polar surface area (TPSA) is 30.7 Å². The van der Waals surface area contributed by atoms with Crippen molar-refractivity contribution >= 4 is 23.2 Å². The minimum atomic E-state index is -2.72. The van der Waals surface area contributed by atoms with Gasteiger partial charge in [0.05, 0.1) is 5.88 Å². The molecular weight excluding hydrogens is 283 g/mol. The van der Waals surface area contributed by atoms with Gasteiger partial charge in [0, 0.05) is 11.8 Å². The summed E-state index contributed by atoms with van der Waals surface area (Å²) in [7, 11) is 0. The van der Waals surface area contributed by atoms with Gasteiger partial charge < -0.3 is 0 Å². The summed E-state index contributed by atoms with van der Waals surface area (Å²) in [5.41, 5.74) is 0.660. The van der Waals surface area contributed by atoms with Gasteiger partial charge in [-0.1, -0.05) is 11.6 Å². The molecule has 0 aliphatic heterocycles. The average Bonchev–Trinajstić information content (AvgIpc) is 2.66. The van der Waals surface area contributed by atoms with Crippen LogP contribution in [0.2, 0.25) is 5.15 Å². The van der Waals surface area contributed by atoms with Crippen molar-refractivity contribution in [1.82, 2.24) is 14.8 Å². The molecule has 0 aromatic carbocycles. The van der Waals surface area contributed by atoms with E-state index in [0.717, 1.165) is 5.56 Å². The first-order valence-corrected chi connectivity index (χ1v) is 6.00. The standard InChI is InChI=1S/C11H9Cl2F2N3/c1-6-2-3-16-8(4-6)18-10(13)7(5-12)9(17-18)11(14)15/h2-4,11H,5H2,1H3. The Balaban J connectivity index is 2.59. The van der Waals surface area contributed by atoms with Gasteiger partial charge in [-0.25, -0.2) is 18.4 Å². The molecule has 0 amide bonds. The van der Waals surface area contributed by atoms with Crippen LogP contribution in [0.4, 0.5) is 8.78 Å². The van der Waals surface area contributed by atoms with E-state index in [1.807, 2.05) is 6.92 Å². The third-order valence-corrected chi connectivity index (χ3v) is 3.07. The van der Waals surface area contributed by atoms with Crippen LogP contribution in [-0.4, -0.2) is 14.8 Å². The van der Waals surface area contributed by atoms with Gasteiger partial charge in [-0.05, 0) is 24.6 Å². The Morgan fingerprint density at radius 1 is 1.44 bits per heavy atom. The third-order valence-electron chi connectivity index (χ3n) is 2.41. The maximum Gasteiger partial charge on any atom is 0.282 e. The Labute approximate surface area is 112 Å². The summed E-state index contributed by atoms with van der Waals surface area (Å²) in [5, 5.41) is 3.85. The van der Waals surface area contributed by atoms with Crippen LogP contribution in [0.25, 0.3) is 5.82 Å². The lowest BCUT2D eigenvalue weighted by Gasteiger charge is -2.02. The van der Waals surface area contributed by atoms with Gasteiger partial charge >= 0.3 is 0 Å². The van der Waals surface area contributed by atoms with Crippen molar-refractivity contribution < 1.29 is 8.78 Å². The van der Waals surface area contributed by atoms with Gasteiger partial charge in [-0.3, -0.25) is 0 Å². The van der Waals surface area contributed by atoms with Crippen LogP contribution in [0.3, 0.4) is 0 Å². The Morgan fingerprint density at radius 2 is 2.17 bits per heavy atom. The molecule has 2 rings (SSSR count). The molecule has 0 spiro atoms. The lowest BCUT2D eigenvalue weighted by molar-refractivity contribution is 0.144. The zero-order valence-corrected chi connectivity index (χ0v) is 10.9. The second kappa shape index (κ2) is 5.20. The number of aryl methyl sites for hydroxylation is 1. The minimum absolute atomic E-state index is 0.0680. The van der Waals surface area contributed by atoms with E-state index in [1.54, 1.807) is 18.3 Å². The van der Waals surface area contributed by atoms with Crippen molar-refractivity contribution in [2.45, 2.75) is 19.2 Å². The molecule has 3 nitrogen and oxygen atoms in total. The molecule has 7 heteroatoms. The normalized spacial score (nSPS) is 11.2. The van der Waals surface area contributed by atoms with Crippen LogP contribution in [0.15, 0.2) is 18.3 Å². The van der Waals surface area contributed by atoms with Crippen molar-refractivity contribution in [3.05, 3.63) is 40.3 Å². The van der Waals surface area contributed by atoms with Crippen LogP contribution in [0.1, 0.15) is 23.2 Å². The number of alkyl halides is 3. The average molecular weight is 292 g/mol. The van der Waals surface area contributed by atoms with E-state index in [0.29, 0.717) is 5.82 Å². The molecule has 0 saturated carbocycles. The molecule has 0 radical (unpaired) electrons. The van der Waals surface area contributed by atoms with Crippen LogP contribution in [0.5, 0.6) is 0 Å². The molecule has 0 aliphatic carbocycles. The molecule has 2 aromatic rings. The van der Waals surface area contributed by atoms with Gasteiger partial charge in [0.25, 0.3) is 6.43 Å². The Kier molecular flexibility index (Phi) is 3.82. The fraction of sp³-hybridized carbons (Fsp3) is 0.273. The molecule has 0 atom stereocenters. The first-order valence-electron chi connectivity index (χ1n) is 5.09. The van der Waals surface area contributed by atoms with Crippen LogP contribution in [0, 0.1) is 6.92 Å². The summed E-state index contributed by atoms with van der Waals surface area (Å²) < 4.78 is 26.8. The Morgan fingerprint density at radius 3 is 2.67 bits per heavy atom. The molecule has 2 aromatic heterocycles. The van der Waals surface area contributed by atoms with E-state index in [2.05, 4.69) is 10.1 Å². The summed E-state index contributed by atoms with van der Waals surface area (Å²) in [4.78, 5) is 4.05. The van der Waals surface area contributed by atoms with E-state index < -0.39 is 12.1 Å². The van der Waals surface area contributed by atoms with Gasteiger partial charge in [-0.2, -0.15) is 5.10 Å². The largest absolute Gasteiger partial charge is 0.282 e. The first kappa shape index (κ1) is 13.2. The molecular formula is C11H9Cl2F2N3. The molecule has 18 heavy (non-hydrogen) atoms. The van der Waals surface area contributed by atoms with Crippen LogP contribution < -0.4 is 0 Å². The van der Waals surface area contributed by atoms with Gasteiger partial charge in [0.15, 0.2) is 5.82 Å². The lowest BCUT2D eigenvalue weighted by Crippen LogP contribution is -2.00. The molecule has 0 unspecified atom stereocenters. The summed E-state index contributed by atoms with van der Waals surface area (Å²) in [6, 6.07) is 3.49. The summed E-state index contributed by atoms with van der Waals surface area (Å²) in [5.74, 6) is 0.267. The van der Waals surface area contributed by atoms with Gasteiger partial charge in [0.1, 0.15) is 10.8 Å². The van der Waals surface area contributed by atoms with E-state index in [9.17, 15) is 8.78 Å². The maximum atomic E-state index is 12.8. The molecule has 0 bridgehead atoms. The quantitative estimate of drug-likeness (QED) is 0.803. The predicted molar refractivity (Wildman–Crippen MR) is 65.6 cm³/mol. The minimum Gasteiger partial charge on any atom is -0.237 e. The number of hydrogen-bond acceptors (Lipinski definition) is 2. The molecule has 0 fully saturated rings. The Bertz CT molecular complexity index is 569. The highest BCUT2D eigenvalue weighted by Gasteiger charge is 2.23. The maximum absolute atomic E-state index is 12.8. The van der Waals surface area contributed by atoms with Crippen molar-refractivity contribution in [3.8, 4) is 5.82 Å². The molecule has 2 heterocycles. The summed E-state index contributed by atoms with van der Waals surface area (Å²) in [6.07, 6.45) is -1.16. The first-order chi connectivity index (χ1) is 8.54. The highest BCUT2D eigenvalue weighted by molar-refractivity contribution is 6.31. The predicted octanol–water partition coefficient (Wildman–Crippen LogP) is 3.91. The lowest BCUT2D eigenvalue weighted by atomic mass is 10.3. The third kappa shape index (κ3) is 2.33. The number of pyridine rings is 1. The molecule has 0 N–H and O–H groups in total. The molecule has 0 aliphatic rings. The van der Waals surface area contributed by atoms with Gasteiger partial charge in [0.2, 0.25) is 0 Å². The number of rotatable bonds is 3. The Hall–Kier alpha value is -1.20. The van der Waals surface area contributed by atoms with Crippen molar-refractivity contribution in [1.29, 1.82) is 0 Å². The van der Waals surface area contributed by atoms with E-state index in [4.69, 9.17) is 23.2 Å². The second-order valence-electron chi connectivity index (χ2n) is 3.69. The van der Waals surface area contributed by atoms with Crippen molar-refractivity contribution in [3.63, 3.8) is 0 Å². The van der Waals surface area contributed by atoms with Crippen molar-refractivity contribution in [2.24, 2.45) is 0 Å². The molecule has 96 valence electrons. The van der Waals surface area contributed by atoms with Crippen molar-refractivity contribution in [2.75, 3.05) is 0 Å². The fourth-order valence-corrected chi connectivity index (χ4v) is 2.15. The van der Waals surface area contributed by atoms with E-state index in [-0.39, 0.29) is 16.6 Å². The smallest absolute Gasteiger partial charge is 0.237 e. The second-order valence-corrected chi connectivity index (χ2v) is 4.32.